The Bertz CT molecular complexity index is 525. The number of likely N-dealkylation sites (tertiary alicyclic amines) is 1. The molecular formula is C19H30FNO2. The number of aliphatic hydroxyl groups excluding tert-OH is 1. The summed E-state index contributed by atoms with van der Waals surface area (Å²) >= 11 is 0. The standard InChI is InChI=1S/C19H30FNO2/c1-18-9-8-13-11(12(18)5-7-16(18)22)4-6-15-19(13,2)10-14(20)17(23)21(15)3/h11-16,22H,4-10H2,1-3H3/t11-,12-,13-,14-,15+,16-,18-,19+/m0/s1. The second-order valence-corrected chi connectivity index (χ2v) is 9.23. The number of amides is 1. The molecule has 0 radical (unpaired) electrons. The van der Waals surface area contributed by atoms with Crippen LogP contribution in [0.2, 0.25) is 0 Å². The largest absolute Gasteiger partial charge is 0.393 e. The molecule has 3 nitrogen and oxygen atoms in total. The first-order valence-electron chi connectivity index (χ1n) is 9.38. The molecule has 0 unspecified atom stereocenters. The van der Waals surface area contributed by atoms with Crippen LogP contribution < -0.4 is 0 Å². The zero-order valence-corrected chi connectivity index (χ0v) is 14.6. The second-order valence-electron chi connectivity index (χ2n) is 9.23. The van der Waals surface area contributed by atoms with Gasteiger partial charge in [0.15, 0.2) is 6.17 Å². The number of hydrogen-bond acceptors (Lipinski definition) is 2. The molecule has 4 rings (SSSR count). The van der Waals surface area contributed by atoms with Crippen molar-refractivity contribution in [3.63, 3.8) is 0 Å². The van der Waals surface area contributed by atoms with Crippen molar-refractivity contribution in [2.75, 3.05) is 7.05 Å². The Balaban J connectivity index is 1.67. The fourth-order valence-corrected chi connectivity index (χ4v) is 7.18. The highest BCUT2D eigenvalue weighted by atomic mass is 19.1. The van der Waals surface area contributed by atoms with E-state index in [2.05, 4.69) is 13.8 Å². The molecule has 1 aliphatic heterocycles. The lowest BCUT2D eigenvalue weighted by Crippen LogP contribution is -2.64. The van der Waals surface area contributed by atoms with Gasteiger partial charge in [-0.15, -0.1) is 0 Å². The number of halogens is 1. The molecule has 8 atom stereocenters. The molecule has 0 spiro atoms. The normalized spacial score (nSPS) is 56.0. The minimum absolute atomic E-state index is 0.0653. The van der Waals surface area contributed by atoms with Gasteiger partial charge in [0.05, 0.1) is 6.10 Å². The average molecular weight is 323 g/mol. The van der Waals surface area contributed by atoms with Gasteiger partial charge in [-0.1, -0.05) is 13.8 Å². The lowest BCUT2D eigenvalue weighted by Gasteiger charge is -2.61. The maximum Gasteiger partial charge on any atom is 0.257 e. The van der Waals surface area contributed by atoms with Gasteiger partial charge < -0.3 is 10.0 Å². The Kier molecular flexibility index (Phi) is 3.40. The van der Waals surface area contributed by atoms with E-state index in [0.717, 1.165) is 38.5 Å². The molecule has 1 saturated heterocycles. The van der Waals surface area contributed by atoms with Crippen LogP contribution in [-0.2, 0) is 4.79 Å². The minimum Gasteiger partial charge on any atom is -0.393 e. The molecule has 1 heterocycles. The third kappa shape index (κ3) is 1.93. The molecule has 0 aromatic rings. The van der Waals surface area contributed by atoms with Gasteiger partial charge in [0.25, 0.3) is 5.91 Å². The topological polar surface area (TPSA) is 40.5 Å². The molecule has 4 fully saturated rings. The van der Waals surface area contributed by atoms with E-state index in [0.29, 0.717) is 24.2 Å². The molecule has 23 heavy (non-hydrogen) atoms. The van der Waals surface area contributed by atoms with Gasteiger partial charge in [-0.3, -0.25) is 4.79 Å². The molecule has 1 amide bonds. The number of nitrogens with zero attached hydrogens (tertiary/aromatic N) is 1. The zero-order valence-electron chi connectivity index (χ0n) is 14.6. The number of carbonyl (C=O) groups is 1. The third-order valence-corrected chi connectivity index (χ3v) is 8.47. The number of alkyl halides is 1. The fourth-order valence-electron chi connectivity index (χ4n) is 7.18. The Morgan fingerprint density at radius 2 is 1.78 bits per heavy atom. The van der Waals surface area contributed by atoms with Crippen LogP contribution in [0.1, 0.15) is 58.8 Å². The maximum atomic E-state index is 14.4. The van der Waals surface area contributed by atoms with Crippen LogP contribution in [0.4, 0.5) is 4.39 Å². The van der Waals surface area contributed by atoms with Crippen molar-refractivity contribution in [2.45, 2.75) is 77.1 Å². The van der Waals surface area contributed by atoms with E-state index < -0.39 is 6.17 Å². The lowest BCUT2D eigenvalue weighted by molar-refractivity contribution is -0.170. The number of piperidine rings is 1. The van der Waals surface area contributed by atoms with E-state index in [9.17, 15) is 14.3 Å². The fraction of sp³-hybridized carbons (Fsp3) is 0.947. The summed E-state index contributed by atoms with van der Waals surface area (Å²) in [6.45, 7) is 4.51. The second kappa shape index (κ2) is 4.93. The summed E-state index contributed by atoms with van der Waals surface area (Å²) < 4.78 is 14.4. The van der Waals surface area contributed by atoms with E-state index in [1.807, 2.05) is 0 Å². The van der Waals surface area contributed by atoms with Crippen LogP contribution >= 0.6 is 0 Å². The first-order valence-corrected chi connectivity index (χ1v) is 9.38. The van der Waals surface area contributed by atoms with Gasteiger partial charge in [0.2, 0.25) is 0 Å². The number of hydrogen-bond donors (Lipinski definition) is 1. The van der Waals surface area contributed by atoms with Crippen molar-refractivity contribution in [2.24, 2.45) is 28.6 Å². The highest BCUT2D eigenvalue weighted by molar-refractivity contribution is 5.82. The molecule has 0 aromatic carbocycles. The maximum absolute atomic E-state index is 14.4. The first kappa shape index (κ1) is 15.9. The van der Waals surface area contributed by atoms with Crippen LogP contribution in [0, 0.1) is 28.6 Å². The smallest absolute Gasteiger partial charge is 0.257 e. The predicted molar refractivity (Wildman–Crippen MR) is 86.5 cm³/mol. The summed E-state index contributed by atoms with van der Waals surface area (Å²) in [5.74, 6) is 1.36. The summed E-state index contributed by atoms with van der Waals surface area (Å²) in [4.78, 5) is 13.8. The van der Waals surface area contributed by atoms with Crippen LogP contribution in [0.5, 0.6) is 0 Å². The molecular weight excluding hydrogens is 293 g/mol. The van der Waals surface area contributed by atoms with Crippen molar-refractivity contribution in [1.29, 1.82) is 0 Å². The molecule has 0 bridgehead atoms. The Morgan fingerprint density at radius 3 is 2.52 bits per heavy atom. The quantitative estimate of drug-likeness (QED) is 0.744. The van der Waals surface area contributed by atoms with Gasteiger partial charge in [0, 0.05) is 13.1 Å². The van der Waals surface area contributed by atoms with Crippen LogP contribution in [0.15, 0.2) is 0 Å². The SMILES string of the molecule is CN1C(=O)[C@@H](F)C[C@]2(C)[C@H]3CC[C@]4(C)[C@@H](O)CC[C@H]4[C@@H]3CC[C@@H]12. The number of carbonyl (C=O) groups excluding carboxylic acids is 1. The summed E-state index contributed by atoms with van der Waals surface area (Å²) in [5, 5.41) is 10.5. The van der Waals surface area contributed by atoms with Gasteiger partial charge in [-0.2, -0.15) is 0 Å². The number of fused-ring (bicyclic) bond motifs is 5. The molecule has 3 saturated carbocycles. The number of aliphatic hydroxyl groups is 1. The highest BCUT2D eigenvalue weighted by Gasteiger charge is 2.62. The monoisotopic (exact) mass is 323 g/mol. The molecule has 1 N–H and O–H groups in total. The van der Waals surface area contributed by atoms with E-state index >= 15 is 0 Å². The van der Waals surface area contributed by atoms with Gasteiger partial charge >= 0.3 is 0 Å². The zero-order chi connectivity index (χ0) is 16.6. The van der Waals surface area contributed by atoms with E-state index in [-0.39, 0.29) is 28.9 Å². The van der Waals surface area contributed by atoms with Crippen LogP contribution in [-0.4, -0.2) is 41.3 Å². The average Bonchev–Trinajstić information content (AvgIpc) is 2.80. The van der Waals surface area contributed by atoms with Crippen molar-refractivity contribution in [1.82, 2.24) is 4.90 Å². The van der Waals surface area contributed by atoms with E-state index in [4.69, 9.17) is 0 Å². The van der Waals surface area contributed by atoms with Gasteiger partial charge in [-0.25, -0.2) is 4.39 Å². The summed E-state index contributed by atoms with van der Waals surface area (Å²) in [6.07, 6.45) is 5.21. The van der Waals surface area contributed by atoms with Crippen LogP contribution in [0.25, 0.3) is 0 Å². The van der Waals surface area contributed by atoms with Gasteiger partial charge in [-0.05, 0) is 73.5 Å². The third-order valence-electron chi connectivity index (χ3n) is 8.47. The van der Waals surface area contributed by atoms with Crippen molar-refractivity contribution < 1.29 is 14.3 Å². The van der Waals surface area contributed by atoms with E-state index in [1.54, 1.807) is 11.9 Å². The lowest BCUT2D eigenvalue weighted by atomic mass is 9.47. The number of rotatable bonds is 0. The molecule has 4 aliphatic rings. The summed E-state index contributed by atoms with van der Waals surface area (Å²) in [5.41, 5.74) is -0.0320. The molecule has 4 heteroatoms. The van der Waals surface area contributed by atoms with Crippen LogP contribution in [0.3, 0.4) is 0 Å². The van der Waals surface area contributed by atoms with Gasteiger partial charge in [0.1, 0.15) is 0 Å². The Labute approximate surface area is 138 Å². The highest BCUT2D eigenvalue weighted by Crippen LogP contribution is 2.64. The summed E-state index contributed by atoms with van der Waals surface area (Å²) in [7, 11) is 1.80. The predicted octanol–water partition coefficient (Wildman–Crippen LogP) is 3.16. The molecule has 0 aromatic heterocycles. The van der Waals surface area contributed by atoms with Crippen molar-refractivity contribution in [3.8, 4) is 0 Å². The van der Waals surface area contributed by atoms with Crippen molar-refractivity contribution in [3.05, 3.63) is 0 Å². The molecule has 3 aliphatic carbocycles. The van der Waals surface area contributed by atoms with E-state index in [1.165, 1.54) is 0 Å². The minimum atomic E-state index is -1.33. The molecule has 130 valence electrons. The summed E-state index contributed by atoms with van der Waals surface area (Å²) in [6, 6.07) is 0.193. The Morgan fingerprint density at radius 1 is 1.09 bits per heavy atom. The van der Waals surface area contributed by atoms with Crippen molar-refractivity contribution >= 4 is 5.91 Å². The first-order chi connectivity index (χ1) is 10.8. The Hall–Kier alpha value is -0.640.